The van der Waals surface area contributed by atoms with Gasteiger partial charge < -0.3 is 10.2 Å². The molecule has 0 atom stereocenters. The number of hydrogen-bond acceptors (Lipinski definition) is 5. The van der Waals surface area contributed by atoms with Gasteiger partial charge in [-0.1, -0.05) is 18.2 Å². The first kappa shape index (κ1) is 16.0. The number of nitrogens with zero attached hydrogens (tertiary/aromatic N) is 2. The Labute approximate surface area is 136 Å². The second-order valence-electron chi connectivity index (χ2n) is 4.37. The van der Waals surface area contributed by atoms with Crippen LogP contribution in [-0.2, 0) is 6.54 Å². The van der Waals surface area contributed by atoms with E-state index in [2.05, 4.69) is 26.5 Å². The van der Waals surface area contributed by atoms with E-state index in [4.69, 9.17) is 4.74 Å². The number of nitro groups is 1. The lowest BCUT2D eigenvalue weighted by atomic mass is 10.2. The van der Waals surface area contributed by atoms with Gasteiger partial charge in [-0.3, -0.25) is 10.1 Å². The summed E-state index contributed by atoms with van der Waals surface area (Å²) in [5.74, 6) is 0.793. The molecule has 2 aromatic carbocycles. The standard InChI is InChI=1S/C15H14BrN3O3/c1-22-15-5-3-2-4-12(15)10-18-17-9-11-6-7-13(19(20)21)8-14(11)16/h2-9,18H,10H2,1H3/b17-9-. The van der Waals surface area contributed by atoms with E-state index < -0.39 is 4.92 Å². The van der Waals surface area contributed by atoms with Crippen molar-refractivity contribution in [1.29, 1.82) is 0 Å². The third kappa shape index (κ3) is 4.05. The Morgan fingerprint density at radius 1 is 1.36 bits per heavy atom. The number of non-ortho nitro benzene ring substituents is 1. The third-order valence-electron chi connectivity index (χ3n) is 2.95. The molecule has 0 amide bonds. The van der Waals surface area contributed by atoms with Crippen LogP contribution in [0.4, 0.5) is 5.69 Å². The highest BCUT2D eigenvalue weighted by atomic mass is 79.9. The van der Waals surface area contributed by atoms with Gasteiger partial charge in [0.05, 0.1) is 24.8 Å². The highest BCUT2D eigenvalue weighted by molar-refractivity contribution is 9.10. The van der Waals surface area contributed by atoms with Crippen LogP contribution >= 0.6 is 15.9 Å². The Balaban J connectivity index is 2.00. The van der Waals surface area contributed by atoms with Crippen molar-refractivity contribution in [1.82, 2.24) is 5.43 Å². The van der Waals surface area contributed by atoms with Gasteiger partial charge in [0.1, 0.15) is 5.75 Å². The molecule has 114 valence electrons. The molecule has 0 radical (unpaired) electrons. The highest BCUT2D eigenvalue weighted by Crippen LogP contribution is 2.21. The fourth-order valence-electron chi connectivity index (χ4n) is 1.83. The molecule has 2 aromatic rings. The van der Waals surface area contributed by atoms with Gasteiger partial charge in [-0.2, -0.15) is 5.10 Å². The maximum Gasteiger partial charge on any atom is 0.270 e. The molecular weight excluding hydrogens is 350 g/mol. The molecule has 0 aliphatic carbocycles. The lowest BCUT2D eigenvalue weighted by Crippen LogP contribution is -2.07. The fourth-order valence-corrected chi connectivity index (χ4v) is 2.30. The quantitative estimate of drug-likeness (QED) is 0.484. The first-order chi connectivity index (χ1) is 10.6. The molecule has 0 heterocycles. The van der Waals surface area contributed by atoms with Crippen LogP contribution in [0.25, 0.3) is 0 Å². The maximum absolute atomic E-state index is 10.7. The van der Waals surface area contributed by atoms with Gasteiger partial charge in [0.2, 0.25) is 0 Å². The summed E-state index contributed by atoms with van der Waals surface area (Å²) in [6.45, 7) is 0.519. The maximum atomic E-state index is 10.7. The summed E-state index contributed by atoms with van der Waals surface area (Å²) in [7, 11) is 1.62. The van der Waals surface area contributed by atoms with Crippen LogP contribution in [-0.4, -0.2) is 18.2 Å². The molecule has 0 aromatic heterocycles. The van der Waals surface area contributed by atoms with Crippen LogP contribution in [0, 0.1) is 10.1 Å². The molecule has 2 rings (SSSR count). The van der Waals surface area contributed by atoms with Crippen molar-refractivity contribution in [3.8, 4) is 5.75 Å². The molecule has 0 aliphatic rings. The topological polar surface area (TPSA) is 76.8 Å². The van der Waals surface area contributed by atoms with E-state index in [0.29, 0.717) is 11.0 Å². The van der Waals surface area contributed by atoms with Gasteiger partial charge in [-0.05, 0) is 28.1 Å². The second-order valence-corrected chi connectivity index (χ2v) is 5.22. The summed E-state index contributed by atoms with van der Waals surface area (Å²) < 4.78 is 5.87. The first-order valence-electron chi connectivity index (χ1n) is 6.43. The number of para-hydroxylation sites is 1. The Morgan fingerprint density at radius 3 is 2.82 bits per heavy atom. The molecule has 0 fully saturated rings. The Bertz CT molecular complexity index is 704. The smallest absolute Gasteiger partial charge is 0.270 e. The summed E-state index contributed by atoms with van der Waals surface area (Å²) in [6.07, 6.45) is 1.60. The molecule has 0 saturated carbocycles. The predicted octanol–water partition coefficient (Wildman–Crippen LogP) is 3.49. The number of nitrogens with one attached hydrogen (secondary N) is 1. The number of benzene rings is 2. The van der Waals surface area contributed by atoms with Crippen molar-refractivity contribution < 1.29 is 9.66 Å². The monoisotopic (exact) mass is 363 g/mol. The van der Waals surface area contributed by atoms with Crippen LogP contribution in [0.1, 0.15) is 11.1 Å². The van der Waals surface area contributed by atoms with Gasteiger partial charge in [0, 0.05) is 27.7 Å². The lowest BCUT2D eigenvalue weighted by Gasteiger charge is -2.07. The van der Waals surface area contributed by atoms with Crippen LogP contribution in [0.5, 0.6) is 5.75 Å². The Hall–Kier alpha value is -2.41. The van der Waals surface area contributed by atoms with Crippen molar-refractivity contribution in [2.75, 3.05) is 7.11 Å². The van der Waals surface area contributed by atoms with Gasteiger partial charge in [0.15, 0.2) is 0 Å². The third-order valence-corrected chi connectivity index (χ3v) is 3.64. The van der Waals surface area contributed by atoms with Gasteiger partial charge >= 0.3 is 0 Å². The number of hydrogen-bond donors (Lipinski definition) is 1. The minimum absolute atomic E-state index is 0.0333. The van der Waals surface area contributed by atoms with Crippen molar-refractivity contribution in [3.63, 3.8) is 0 Å². The molecule has 6 nitrogen and oxygen atoms in total. The van der Waals surface area contributed by atoms with Gasteiger partial charge in [-0.25, -0.2) is 0 Å². The van der Waals surface area contributed by atoms with Crippen LogP contribution in [0.2, 0.25) is 0 Å². The number of methoxy groups -OCH3 is 1. The fraction of sp³-hybridized carbons (Fsp3) is 0.133. The number of rotatable bonds is 6. The van der Waals surface area contributed by atoms with E-state index in [-0.39, 0.29) is 5.69 Å². The predicted molar refractivity (Wildman–Crippen MR) is 88.2 cm³/mol. The molecule has 7 heteroatoms. The highest BCUT2D eigenvalue weighted by Gasteiger charge is 2.07. The number of hydrazone groups is 1. The zero-order valence-corrected chi connectivity index (χ0v) is 13.4. The second kappa shape index (κ2) is 7.56. The summed E-state index contributed by atoms with van der Waals surface area (Å²) in [5, 5.41) is 14.8. The van der Waals surface area contributed by atoms with Crippen LogP contribution in [0.3, 0.4) is 0 Å². The number of nitro benzene ring substituents is 1. The van der Waals surface area contributed by atoms with E-state index >= 15 is 0 Å². The molecule has 1 N–H and O–H groups in total. The molecule has 0 saturated heterocycles. The molecule has 0 spiro atoms. The SMILES string of the molecule is COc1ccccc1CN/N=C\c1ccc([N+](=O)[O-])cc1Br. The zero-order chi connectivity index (χ0) is 15.9. The molecule has 22 heavy (non-hydrogen) atoms. The first-order valence-corrected chi connectivity index (χ1v) is 7.23. The Kier molecular flexibility index (Phi) is 5.48. The average molecular weight is 364 g/mol. The van der Waals surface area contributed by atoms with E-state index in [1.807, 2.05) is 24.3 Å². The number of ether oxygens (including phenoxy) is 1. The van der Waals surface area contributed by atoms with Crippen LogP contribution < -0.4 is 10.2 Å². The van der Waals surface area contributed by atoms with Crippen molar-refractivity contribution in [2.45, 2.75) is 6.54 Å². The normalized spacial score (nSPS) is 10.6. The average Bonchev–Trinajstić information content (AvgIpc) is 2.52. The van der Waals surface area contributed by atoms with Crippen molar-refractivity contribution >= 4 is 27.8 Å². The van der Waals surface area contributed by atoms with Gasteiger partial charge in [0.25, 0.3) is 5.69 Å². The molecule has 0 unspecified atom stereocenters. The van der Waals surface area contributed by atoms with E-state index in [0.717, 1.165) is 16.9 Å². The summed E-state index contributed by atoms with van der Waals surface area (Å²) in [6, 6.07) is 12.2. The summed E-state index contributed by atoms with van der Waals surface area (Å²) in [5.41, 5.74) is 4.70. The van der Waals surface area contributed by atoms with E-state index in [9.17, 15) is 10.1 Å². The van der Waals surface area contributed by atoms with Crippen molar-refractivity contribution in [2.24, 2.45) is 5.10 Å². The molecule has 0 aliphatic heterocycles. The Morgan fingerprint density at radius 2 is 2.14 bits per heavy atom. The molecule has 0 bridgehead atoms. The minimum atomic E-state index is -0.439. The largest absolute Gasteiger partial charge is 0.496 e. The lowest BCUT2D eigenvalue weighted by molar-refractivity contribution is -0.384. The minimum Gasteiger partial charge on any atom is -0.496 e. The summed E-state index contributed by atoms with van der Waals surface area (Å²) in [4.78, 5) is 10.2. The zero-order valence-electron chi connectivity index (χ0n) is 11.8. The van der Waals surface area contributed by atoms with Crippen LogP contribution in [0.15, 0.2) is 52.0 Å². The van der Waals surface area contributed by atoms with E-state index in [1.165, 1.54) is 12.1 Å². The van der Waals surface area contributed by atoms with Gasteiger partial charge in [-0.15, -0.1) is 0 Å². The molecular formula is C15H14BrN3O3. The van der Waals surface area contributed by atoms with E-state index in [1.54, 1.807) is 19.4 Å². The van der Waals surface area contributed by atoms with Crippen molar-refractivity contribution in [3.05, 3.63) is 68.2 Å². The number of halogens is 1. The summed E-state index contributed by atoms with van der Waals surface area (Å²) >= 11 is 3.29.